The number of rotatable bonds is 1. The number of fused-ring (bicyclic) bond motifs is 1. The predicted octanol–water partition coefficient (Wildman–Crippen LogP) is -1.06. The van der Waals surface area contributed by atoms with Crippen molar-refractivity contribution in [3.63, 3.8) is 0 Å². The first-order chi connectivity index (χ1) is 6.16. The van der Waals surface area contributed by atoms with Crippen molar-refractivity contribution in [3.05, 3.63) is 0 Å². The van der Waals surface area contributed by atoms with E-state index in [1.165, 1.54) is 0 Å². The van der Waals surface area contributed by atoms with Crippen LogP contribution in [-0.4, -0.2) is 57.2 Å². The van der Waals surface area contributed by atoms with Crippen molar-refractivity contribution in [3.8, 4) is 0 Å². The van der Waals surface area contributed by atoms with Gasteiger partial charge in [0.15, 0.2) is 0 Å². The lowest BCUT2D eigenvalue weighted by atomic mass is 10.0. The molecule has 76 valence electrons. The third-order valence-corrected chi connectivity index (χ3v) is 3.48. The molecule has 5 atom stereocenters. The van der Waals surface area contributed by atoms with Gasteiger partial charge in [-0.3, -0.25) is 4.90 Å². The molecular formula is C9H17NO3. The zero-order valence-corrected chi connectivity index (χ0v) is 7.80. The number of hydrogen-bond acceptors (Lipinski definition) is 4. The normalized spacial score (nSPS) is 51.2. The maximum absolute atomic E-state index is 9.68. The summed E-state index contributed by atoms with van der Waals surface area (Å²) in [6.45, 7) is 2.01. The third kappa shape index (κ3) is 1.21. The number of aliphatic hydroxyl groups is 3. The van der Waals surface area contributed by atoms with Crippen molar-refractivity contribution < 1.29 is 15.3 Å². The van der Waals surface area contributed by atoms with E-state index < -0.39 is 12.2 Å². The first-order valence-electron chi connectivity index (χ1n) is 4.91. The topological polar surface area (TPSA) is 63.9 Å². The molecule has 2 saturated heterocycles. The van der Waals surface area contributed by atoms with Crippen LogP contribution in [0.3, 0.4) is 0 Å². The van der Waals surface area contributed by atoms with Crippen molar-refractivity contribution >= 4 is 0 Å². The van der Waals surface area contributed by atoms with Crippen LogP contribution in [0.5, 0.6) is 0 Å². The lowest BCUT2D eigenvalue weighted by Crippen LogP contribution is -2.42. The zero-order valence-electron chi connectivity index (χ0n) is 7.80. The Morgan fingerprint density at radius 3 is 2.54 bits per heavy atom. The molecule has 2 aliphatic rings. The highest BCUT2D eigenvalue weighted by atomic mass is 16.3. The molecule has 0 unspecified atom stereocenters. The molecule has 2 rings (SSSR count). The standard InChI is InChI=1S/C9H17NO3/c1-5-2-3-6-8(12)9(13)7(4-11)10(5)6/h5-9,11-13H,2-4H2,1H3/t5-,6+,7+,8+,9+/m1/s1. The van der Waals surface area contributed by atoms with E-state index in [-0.39, 0.29) is 18.7 Å². The molecule has 2 fully saturated rings. The summed E-state index contributed by atoms with van der Waals surface area (Å²) < 4.78 is 0. The fourth-order valence-corrected chi connectivity index (χ4v) is 2.79. The summed E-state index contributed by atoms with van der Waals surface area (Å²) in [5.41, 5.74) is 0. The van der Waals surface area contributed by atoms with E-state index in [4.69, 9.17) is 5.11 Å². The van der Waals surface area contributed by atoms with Gasteiger partial charge in [0.05, 0.1) is 24.9 Å². The molecular weight excluding hydrogens is 170 g/mol. The first-order valence-corrected chi connectivity index (χ1v) is 4.91. The van der Waals surface area contributed by atoms with E-state index in [2.05, 4.69) is 11.8 Å². The van der Waals surface area contributed by atoms with Gasteiger partial charge in [0.2, 0.25) is 0 Å². The average molecular weight is 187 g/mol. The minimum absolute atomic E-state index is 0.0575. The van der Waals surface area contributed by atoms with E-state index in [1.807, 2.05) is 0 Å². The smallest absolute Gasteiger partial charge is 0.0991 e. The van der Waals surface area contributed by atoms with Gasteiger partial charge < -0.3 is 15.3 Å². The first kappa shape index (κ1) is 9.40. The molecule has 13 heavy (non-hydrogen) atoms. The molecule has 0 aromatic carbocycles. The molecule has 4 nitrogen and oxygen atoms in total. The second-order valence-corrected chi connectivity index (χ2v) is 4.17. The maximum atomic E-state index is 9.68. The quantitative estimate of drug-likeness (QED) is 0.489. The summed E-state index contributed by atoms with van der Waals surface area (Å²) in [4.78, 5) is 2.06. The van der Waals surface area contributed by atoms with Crippen molar-refractivity contribution in [2.75, 3.05) is 6.61 Å². The summed E-state index contributed by atoms with van der Waals surface area (Å²) in [7, 11) is 0. The highest BCUT2D eigenvalue weighted by Gasteiger charge is 2.51. The van der Waals surface area contributed by atoms with Crippen LogP contribution in [0.15, 0.2) is 0 Å². The van der Waals surface area contributed by atoms with Crippen molar-refractivity contribution in [2.24, 2.45) is 0 Å². The Morgan fingerprint density at radius 1 is 1.23 bits per heavy atom. The second kappa shape index (κ2) is 3.20. The van der Waals surface area contributed by atoms with Crippen LogP contribution in [0.1, 0.15) is 19.8 Å². The van der Waals surface area contributed by atoms with E-state index in [1.54, 1.807) is 0 Å². The average Bonchev–Trinajstić information content (AvgIpc) is 2.58. The minimum Gasteiger partial charge on any atom is -0.395 e. The molecule has 2 heterocycles. The second-order valence-electron chi connectivity index (χ2n) is 4.17. The number of hydrogen-bond donors (Lipinski definition) is 3. The number of aliphatic hydroxyl groups excluding tert-OH is 3. The summed E-state index contributed by atoms with van der Waals surface area (Å²) >= 11 is 0. The van der Waals surface area contributed by atoms with Crippen LogP contribution in [0, 0.1) is 0 Å². The fraction of sp³-hybridized carbons (Fsp3) is 1.00. The Morgan fingerprint density at radius 2 is 1.92 bits per heavy atom. The van der Waals surface area contributed by atoms with Crippen molar-refractivity contribution in [1.82, 2.24) is 4.90 Å². The Kier molecular flexibility index (Phi) is 2.32. The van der Waals surface area contributed by atoms with E-state index in [9.17, 15) is 10.2 Å². The van der Waals surface area contributed by atoms with Gasteiger partial charge in [-0.05, 0) is 19.8 Å². The minimum atomic E-state index is -0.780. The lowest BCUT2D eigenvalue weighted by Gasteiger charge is -2.27. The molecule has 0 aromatic rings. The Bertz CT molecular complexity index is 197. The summed E-state index contributed by atoms with van der Waals surface area (Å²) in [5.74, 6) is 0. The fourth-order valence-electron chi connectivity index (χ4n) is 2.79. The van der Waals surface area contributed by atoms with Crippen LogP contribution in [-0.2, 0) is 0 Å². The molecule has 0 radical (unpaired) electrons. The van der Waals surface area contributed by atoms with Gasteiger partial charge >= 0.3 is 0 Å². The van der Waals surface area contributed by atoms with Gasteiger partial charge in [-0.2, -0.15) is 0 Å². The van der Waals surface area contributed by atoms with Gasteiger partial charge in [0.1, 0.15) is 0 Å². The lowest BCUT2D eigenvalue weighted by molar-refractivity contribution is 0.0132. The number of nitrogens with zero attached hydrogens (tertiary/aromatic N) is 1. The van der Waals surface area contributed by atoms with Crippen molar-refractivity contribution in [2.45, 2.75) is 50.1 Å². The largest absolute Gasteiger partial charge is 0.395 e. The van der Waals surface area contributed by atoms with Crippen LogP contribution >= 0.6 is 0 Å². The van der Waals surface area contributed by atoms with Crippen LogP contribution in [0.4, 0.5) is 0 Å². The molecule has 0 aromatic heterocycles. The molecule has 0 amide bonds. The zero-order chi connectivity index (χ0) is 9.59. The summed E-state index contributed by atoms with van der Waals surface area (Å²) in [6.07, 6.45) is 0.515. The van der Waals surface area contributed by atoms with Crippen LogP contribution < -0.4 is 0 Å². The SMILES string of the molecule is C[C@@H]1CC[C@H]2[C@H](O)[C@@H](O)[C@H](CO)N12. The van der Waals surface area contributed by atoms with Crippen LogP contribution in [0.2, 0.25) is 0 Å². The molecule has 0 saturated carbocycles. The summed E-state index contributed by atoms with van der Waals surface area (Å²) in [6, 6.07) is 0.161. The summed E-state index contributed by atoms with van der Waals surface area (Å²) in [5, 5.41) is 28.4. The van der Waals surface area contributed by atoms with E-state index >= 15 is 0 Å². The van der Waals surface area contributed by atoms with Crippen molar-refractivity contribution in [1.29, 1.82) is 0 Å². The van der Waals surface area contributed by atoms with Gasteiger partial charge in [-0.25, -0.2) is 0 Å². The Hall–Kier alpha value is -0.160. The molecule has 4 heteroatoms. The van der Waals surface area contributed by atoms with Gasteiger partial charge in [0, 0.05) is 12.1 Å². The predicted molar refractivity (Wildman–Crippen MR) is 47.2 cm³/mol. The molecule has 3 N–H and O–H groups in total. The highest BCUT2D eigenvalue weighted by Crippen LogP contribution is 2.36. The monoisotopic (exact) mass is 187 g/mol. The third-order valence-electron chi connectivity index (χ3n) is 3.48. The highest BCUT2D eigenvalue weighted by molar-refractivity contribution is 5.05. The van der Waals surface area contributed by atoms with E-state index in [0.29, 0.717) is 6.04 Å². The van der Waals surface area contributed by atoms with Gasteiger partial charge in [0.25, 0.3) is 0 Å². The van der Waals surface area contributed by atoms with Gasteiger partial charge in [-0.15, -0.1) is 0 Å². The molecule has 2 aliphatic heterocycles. The maximum Gasteiger partial charge on any atom is 0.0991 e. The van der Waals surface area contributed by atoms with Crippen LogP contribution in [0.25, 0.3) is 0 Å². The molecule has 0 spiro atoms. The molecule has 0 aliphatic carbocycles. The Balaban J connectivity index is 2.20. The molecule has 0 bridgehead atoms. The Labute approximate surface area is 77.8 Å². The van der Waals surface area contributed by atoms with Gasteiger partial charge in [-0.1, -0.05) is 0 Å². The van der Waals surface area contributed by atoms with E-state index in [0.717, 1.165) is 12.8 Å².